The molecule has 0 spiro atoms. The fraction of sp³-hybridized carbons (Fsp3) is 0.567. The Labute approximate surface area is 200 Å². The molecular weight excluding hydrogens is 430 g/mol. The number of carbonyl (C=O) groups excluding carboxylic acids is 1. The molecule has 3 saturated carbocycles. The molecule has 0 amide bonds. The summed E-state index contributed by atoms with van der Waals surface area (Å²) in [4.78, 5) is 12.2. The minimum absolute atomic E-state index is 0.0268. The van der Waals surface area contributed by atoms with Gasteiger partial charge in [-0.05, 0) is 103 Å². The van der Waals surface area contributed by atoms with E-state index < -0.39 is 16.9 Å². The van der Waals surface area contributed by atoms with Crippen molar-refractivity contribution in [2.24, 2.45) is 17.3 Å². The highest BCUT2D eigenvalue weighted by atomic mass is 19.3. The molecule has 0 heterocycles. The van der Waals surface area contributed by atoms with Gasteiger partial charge < -0.3 is 5.11 Å². The number of halogens is 2. The van der Waals surface area contributed by atoms with E-state index in [4.69, 9.17) is 6.42 Å². The Morgan fingerprint density at radius 1 is 1.06 bits per heavy atom. The number of alkyl halides is 2. The number of hydrogen-bond donors (Lipinski definition) is 1. The summed E-state index contributed by atoms with van der Waals surface area (Å²) >= 11 is 0. The molecule has 0 aromatic heterocycles. The highest BCUT2D eigenvalue weighted by Gasteiger charge is 2.71. The third-order valence-electron chi connectivity index (χ3n) is 9.97. The first-order valence-corrected chi connectivity index (χ1v) is 12.8. The summed E-state index contributed by atoms with van der Waals surface area (Å²) in [6, 6.07) is 8.74. The first-order valence-electron chi connectivity index (χ1n) is 12.8. The maximum Gasteiger partial charge on any atom is 0.336 e. The van der Waals surface area contributed by atoms with Crippen molar-refractivity contribution in [3.63, 3.8) is 0 Å². The van der Waals surface area contributed by atoms with Gasteiger partial charge in [0.25, 0.3) is 0 Å². The summed E-state index contributed by atoms with van der Waals surface area (Å²) < 4.78 is 30.3. The molecule has 4 heteroatoms. The van der Waals surface area contributed by atoms with Crippen molar-refractivity contribution < 1.29 is 18.7 Å². The van der Waals surface area contributed by atoms with E-state index in [-0.39, 0.29) is 30.0 Å². The number of aliphatic hydroxyl groups is 1. The van der Waals surface area contributed by atoms with E-state index in [1.165, 1.54) is 29.6 Å². The summed E-state index contributed by atoms with van der Waals surface area (Å²) in [5, 5.41) is 11.6. The second kappa shape index (κ2) is 7.37. The fourth-order valence-electron chi connectivity index (χ4n) is 8.02. The molecule has 5 aliphatic rings. The van der Waals surface area contributed by atoms with Crippen LogP contribution in [0.5, 0.6) is 0 Å². The topological polar surface area (TPSA) is 37.3 Å². The van der Waals surface area contributed by atoms with Gasteiger partial charge in [-0.3, -0.25) is 4.79 Å². The van der Waals surface area contributed by atoms with E-state index in [0.717, 1.165) is 30.4 Å². The zero-order valence-corrected chi connectivity index (χ0v) is 19.7. The SMILES string of the molecule is C#CC(F)(F)C1(O)CCC2C3CCC4=CC(=O)CCC4=C3C(c3ccc(C4CC4)cc3)CC21C. The van der Waals surface area contributed by atoms with E-state index in [9.17, 15) is 9.90 Å². The number of rotatable bonds is 3. The first kappa shape index (κ1) is 22.2. The van der Waals surface area contributed by atoms with Crippen molar-refractivity contribution in [3.05, 3.63) is 58.2 Å². The van der Waals surface area contributed by atoms with Gasteiger partial charge in [-0.2, -0.15) is 8.78 Å². The quantitative estimate of drug-likeness (QED) is 0.523. The van der Waals surface area contributed by atoms with Crippen molar-refractivity contribution in [2.75, 3.05) is 0 Å². The zero-order chi connectivity index (χ0) is 23.9. The summed E-state index contributed by atoms with van der Waals surface area (Å²) in [7, 11) is 0. The van der Waals surface area contributed by atoms with Crippen LogP contribution in [0.15, 0.2) is 47.1 Å². The summed E-state index contributed by atoms with van der Waals surface area (Å²) in [6.07, 6.45) is 13.5. The molecule has 34 heavy (non-hydrogen) atoms. The van der Waals surface area contributed by atoms with Crippen LogP contribution in [0.3, 0.4) is 0 Å². The average Bonchev–Trinajstić information content (AvgIpc) is 3.64. The highest BCUT2D eigenvalue weighted by Crippen LogP contribution is 2.69. The lowest BCUT2D eigenvalue weighted by Gasteiger charge is -2.55. The van der Waals surface area contributed by atoms with Crippen molar-refractivity contribution in [2.45, 2.75) is 88.1 Å². The molecule has 5 unspecified atom stereocenters. The van der Waals surface area contributed by atoms with Crippen molar-refractivity contribution in [1.29, 1.82) is 0 Å². The van der Waals surface area contributed by atoms with E-state index in [1.807, 2.05) is 13.0 Å². The monoisotopic (exact) mass is 462 g/mol. The minimum Gasteiger partial charge on any atom is -0.382 e. The van der Waals surface area contributed by atoms with Crippen molar-refractivity contribution >= 4 is 5.78 Å². The third-order valence-corrected chi connectivity index (χ3v) is 9.97. The molecule has 5 atom stereocenters. The van der Waals surface area contributed by atoms with Gasteiger partial charge in [-0.1, -0.05) is 36.8 Å². The largest absolute Gasteiger partial charge is 0.382 e. The van der Waals surface area contributed by atoms with Crippen molar-refractivity contribution in [3.8, 4) is 12.3 Å². The number of hydrogen-bond acceptors (Lipinski definition) is 2. The molecular formula is C30H32F2O2. The van der Waals surface area contributed by atoms with E-state index >= 15 is 8.78 Å². The van der Waals surface area contributed by atoms with Crippen LogP contribution in [0.4, 0.5) is 8.78 Å². The maximum atomic E-state index is 15.1. The Kier molecular flexibility index (Phi) is 4.82. The van der Waals surface area contributed by atoms with Gasteiger partial charge >= 0.3 is 5.92 Å². The van der Waals surface area contributed by atoms with Gasteiger partial charge in [0.05, 0.1) is 0 Å². The Morgan fingerprint density at radius 2 is 1.76 bits per heavy atom. The van der Waals surface area contributed by atoms with Gasteiger partial charge in [0.2, 0.25) is 0 Å². The Balaban J connectivity index is 1.50. The van der Waals surface area contributed by atoms with Crippen LogP contribution in [0.1, 0.15) is 87.7 Å². The van der Waals surface area contributed by atoms with Gasteiger partial charge in [0.1, 0.15) is 5.60 Å². The van der Waals surface area contributed by atoms with E-state index in [1.54, 1.807) is 5.92 Å². The van der Waals surface area contributed by atoms with Crippen LogP contribution in [-0.4, -0.2) is 22.4 Å². The average molecular weight is 463 g/mol. The van der Waals surface area contributed by atoms with Crippen LogP contribution < -0.4 is 0 Å². The summed E-state index contributed by atoms with van der Waals surface area (Å²) in [6.45, 7) is 1.86. The Bertz CT molecular complexity index is 1150. The first-order chi connectivity index (χ1) is 16.2. The molecule has 178 valence electrons. The van der Waals surface area contributed by atoms with Crippen LogP contribution >= 0.6 is 0 Å². The van der Waals surface area contributed by atoms with E-state index in [0.29, 0.717) is 25.2 Å². The number of terminal acetylenes is 1. The summed E-state index contributed by atoms with van der Waals surface area (Å²) in [5.74, 6) is -1.05. The Morgan fingerprint density at radius 3 is 2.44 bits per heavy atom. The number of ketones is 1. The molecule has 1 N–H and O–H groups in total. The lowest BCUT2D eigenvalue weighted by atomic mass is 9.50. The lowest BCUT2D eigenvalue weighted by molar-refractivity contribution is -0.209. The summed E-state index contributed by atoms with van der Waals surface area (Å²) in [5.41, 5.74) is 3.07. The smallest absolute Gasteiger partial charge is 0.336 e. The number of allylic oxidation sites excluding steroid dienone is 4. The van der Waals surface area contributed by atoms with Crippen LogP contribution in [-0.2, 0) is 4.79 Å². The molecule has 0 bridgehead atoms. The minimum atomic E-state index is -3.57. The molecule has 0 saturated heterocycles. The molecule has 0 aliphatic heterocycles. The van der Waals surface area contributed by atoms with Gasteiger partial charge in [-0.15, -0.1) is 6.42 Å². The number of fused-ring (bicyclic) bond motifs is 4. The normalized spacial score (nSPS) is 37.4. The van der Waals surface area contributed by atoms with Crippen LogP contribution in [0, 0.1) is 29.6 Å². The molecule has 1 aromatic rings. The second-order valence-electron chi connectivity index (χ2n) is 11.6. The predicted octanol–water partition coefficient (Wildman–Crippen LogP) is 6.46. The standard InChI is InChI=1S/C30H32F2O2/c1-3-30(31,32)29(34)15-14-26-24-12-10-21-16-22(33)11-13-23(21)27(24)25(17-28(26,29)2)20-8-6-19(7-9-20)18-4-5-18/h1,6-9,16,18,24-26,34H,4-5,10-15,17H2,2H3. The van der Waals surface area contributed by atoms with Gasteiger partial charge in [0.15, 0.2) is 5.78 Å². The molecule has 6 rings (SSSR count). The van der Waals surface area contributed by atoms with Crippen LogP contribution in [0.25, 0.3) is 0 Å². The zero-order valence-electron chi connectivity index (χ0n) is 19.7. The Hall–Kier alpha value is -2.25. The molecule has 2 nitrogen and oxygen atoms in total. The third kappa shape index (κ3) is 2.99. The van der Waals surface area contributed by atoms with Gasteiger partial charge in [-0.25, -0.2) is 0 Å². The predicted molar refractivity (Wildman–Crippen MR) is 127 cm³/mol. The molecule has 1 aromatic carbocycles. The molecule has 0 radical (unpaired) electrons. The maximum absolute atomic E-state index is 15.1. The number of benzene rings is 1. The second-order valence-corrected chi connectivity index (χ2v) is 11.6. The lowest BCUT2D eigenvalue weighted by Crippen LogP contribution is -2.60. The van der Waals surface area contributed by atoms with Crippen molar-refractivity contribution in [1.82, 2.24) is 0 Å². The molecule has 5 aliphatic carbocycles. The van der Waals surface area contributed by atoms with E-state index in [2.05, 4.69) is 24.3 Å². The number of carbonyl (C=O) groups is 1. The fourth-order valence-corrected chi connectivity index (χ4v) is 8.02. The van der Waals surface area contributed by atoms with Gasteiger partial charge in [0, 0.05) is 17.8 Å². The molecule has 3 fully saturated rings. The van der Waals surface area contributed by atoms with Crippen LogP contribution in [0.2, 0.25) is 0 Å². The highest BCUT2D eigenvalue weighted by molar-refractivity contribution is 5.93.